The lowest BCUT2D eigenvalue weighted by Crippen LogP contribution is -2.59. The van der Waals surface area contributed by atoms with Crippen LogP contribution in [0.15, 0.2) is 120 Å². The Morgan fingerprint density at radius 3 is 1.94 bits per heavy atom. The van der Waals surface area contributed by atoms with E-state index >= 15 is 0 Å². The summed E-state index contributed by atoms with van der Waals surface area (Å²) in [4.78, 5) is 2.40. The molecule has 5 heteroatoms. The highest BCUT2D eigenvalue weighted by Gasteiger charge is 2.50. The van der Waals surface area contributed by atoms with Crippen molar-refractivity contribution in [2.24, 2.45) is 0 Å². The van der Waals surface area contributed by atoms with Gasteiger partial charge in [0, 0.05) is 33.9 Å². The summed E-state index contributed by atoms with van der Waals surface area (Å²) < 4.78 is 20.6. The first kappa shape index (κ1) is 28.3. The van der Waals surface area contributed by atoms with E-state index in [2.05, 4.69) is 137 Å². The molecule has 0 atom stereocenters. The normalized spacial score (nSPS) is 14.3. The fraction of sp³-hybridized carbons (Fsp3) is 0.136. The molecule has 1 aromatic heterocycles. The Hall–Kier alpha value is -5.68. The Morgan fingerprint density at radius 2 is 1.22 bits per heavy atom. The summed E-state index contributed by atoms with van der Waals surface area (Å²) in [7, 11) is 0. The van der Waals surface area contributed by atoms with E-state index in [1.807, 2.05) is 18.2 Å². The predicted molar refractivity (Wildman–Crippen MR) is 200 cm³/mol. The standard InChI is InChI=1S/C44H34BNO3/c1-25-14-18-28(19-15-25)46(29-20-16-26(2)17-21-29)33-24-37-41(39-38(33)30-10-6-8-12-32(30)44(39,4)5)45-40-35(47-37)22-27(3)23-36(40)48-42-31-11-7-9-13-34(31)49-43(42)45/h6-24H,1-5H3. The van der Waals surface area contributed by atoms with Gasteiger partial charge in [0.25, 0.3) is 0 Å². The molecule has 0 unspecified atom stereocenters. The van der Waals surface area contributed by atoms with Gasteiger partial charge in [0.05, 0.1) is 11.1 Å². The van der Waals surface area contributed by atoms with Gasteiger partial charge in [-0.3, -0.25) is 0 Å². The minimum absolute atomic E-state index is 0.200. The van der Waals surface area contributed by atoms with Gasteiger partial charge in [-0.1, -0.05) is 85.6 Å². The average molecular weight is 636 g/mol. The van der Waals surface area contributed by atoms with Crippen LogP contribution in [-0.4, -0.2) is 6.71 Å². The quantitative estimate of drug-likeness (QED) is 0.181. The fourth-order valence-electron chi connectivity index (χ4n) is 8.48. The maximum atomic E-state index is 7.06. The lowest BCUT2D eigenvalue weighted by molar-refractivity contribution is 0.459. The van der Waals surface area contributed by atoms with Crippen molar-refractivity contribution in [3.8, 4) is 34.1 Å². The molecule has 0 saturated heterocycles. The van der Waals surface area contributed by atoms with Gasteiger partial charge >= 0.3 is 6.71 Å². The fourth-order valence-corrected chi connectivity index (χ4v) is 8.48. The van der Waals surface area contributed by atoms with Crippen molar-refractivity contribution in [2.45, 2.75) is 40.0 Å². The number of hydrogen-bond acceptors (Lipinski definition) is 4. The monoisotopic (exact) mass is 635 g/mol. The van der Waals surface area contributed by atoms with Gasteiger partial charge in [-0.05, 0) is 97.0 Å². The van der Waals surface area contributed by atoms with E-state index in [0.29, 0.717) is 0 Å². The zero-order valence-electron chi connectivity index (χ0n) is 28.2. The Morgan fingerprint density at radius 1 is 0.612 bits per heavy atom. The first-order chi connectivity index (χ1) is 23.8. The van der Waals surface area contributed by atoms with Crippen molar-refractivity contribution in [3.63, 3.8) is 0 Å². The maximum absolute atomic E-state index is 7.06. The summed E-state index contributed by atoms with van der Waals surface area (Å²) in [6.45, 7) is 10.9. The molecule has 6 aromatic carbocycles. The van der Waals surface area contributed by atoms with Crippen LogP contribution in [0.2, 0.25) is 0 Å². The predicted octanol–water partition coefficient (Wildman–Crippen LogP) is 9.86. The van der Waals surface area contributed by atoms with Gasteiger partial charge in [-0.25, -0.2) is 0 Å². The van der Waals surface area contributed by atoms with Crippen LogP contribution < -0.4 is 31.0 Å². The molecule has 236 valence electrons. The Bertz CT molecular complexity index is 2460. The molecule has 0 saturated carbocycles. The number of para-hydroxylation sites is 1. The maximum Gasteiger partial charge on any atom is 0.305 e. The Balaban J connectivity index is 1.34. The lowest BCUT2D eigenvalue weighted by atomic mass is 9.35. The van der Waals surface area contributed by atoms with Crippen LogP contribution in [0.1, 0.15) is 41.7 Å². The van der Waals surface area contributed by atoms with Gasteiger partial charge in [0.1, 0.15) is 28.5 Å². The molecule has 4 nitrogen and oxygen atoms in total. The molecule has 0 amide bonds. The van der Waals surface area contributed by atoms with Crippen LogP contribution in [-0.2, 0) is 5.41 Å². The number of furan rings is 1. The summed E-state index contributed by atoms with van der Waals surface area (Å²) >= 11 is 0. The van der Waals surface area contributed by atoms with E-state index in [9.17, 15) is 0 Å². The van der Waals surface area contributed by atoms with Crippen molar-refractivity contribution in [3.05, 3.63) is 143 Å². The summed E-state index contributed by atoms with van der Waals surface area (Å²) in [6, 6.07) is 41.3. The second-order valence-corrected chi connectivity index (χ2v) is 14.3. The summed E-state index contributed by atoms with van der Waals surface area (Å²) in [5, 5.41) is 0.986. The van der Waals surface area contributed by atoms with Crippen molar-refractivity contribution >= 4 is 51.3 Å². The number of anilines is 3. The zero-order valence-corrected chi connectivity index (χ0v) is 28.2. The average Bonchev–Trinajstić information content (AvgIpc) is 3.58. The molecule has 0 fully saturated rings. The number of benzene rings is 6. The van der Waals surface area contributed by atoms with Crippen LogP contribution in [0.25, 0.3) is 22.1 Å². The highest BCUT2D eigenvalue weighted by molar-refractivity contribution is 6.98. The molecule has 0 spiro atoms. The molecule has 7 aromatic rings. The number of ether oxygens (including phenoxy) is 2. The van der Waals surface area contributed by atoms with Crippen molar-refractivity contribution in [2.75, 3.05) is 4.90 Å². The van der Waals surface area contributed by atoms with E-state index in [1.165, 1.54) is 33.4 Å². The van der Waals surface area contributed by atoms with Gasteiger partial charge in [-0.2, -0.15) is 0 Å². The molecule has 2 aliphatic heterocycles. The molecule has 3 aliphatic rings. The first-order valence-corrected chi connectivity index (χ1v) is 17.0. The lowest BCUT2D eigenvalue weighted by Gasteiger charge is -2.37. The van der Waals surface area contributed by atoms with Crippen LogP contribution in [0.3, 0.4) is 0 Å². The molecular weight excluding hydrogens is 601 g/mol. The van der Waals surface area contributed by atoms with Crippen LogP contribution >= 0.6 is 0 Å². The van der Waals surface area contributed by atoms with Crippen LogP contribution in [0, 0.1) is 20.8 Å². The number of fused-ring (bicyclic) bond motifs is 10. The topological polar surface area (TPSA) is 34.8 Å². The number of aryl methyl sites for hydroxylation is 3. The molecule has 0 radical (unpaired) electrons. The highest BCUT2D eigenvalue weighted by atomic mass is 16.5. The summed E-state index contributed by atoms with van der Waals surface area (Å²) in [5.41, 5.74) is 15.4. The van der Waals surface area contributed by atoms with E-state index in [0.717, 1.165) is 73.2 Å². The second-order valence-electron chi connectivity index (χ2n) is 14.3. The van der Waals surface area contributed by atoms with Crippen molar-refractivity contribution in [1.29, 1.82) is 0 Å². The van der Waals surface area contributed by atoms with Gasteiger partial charge in [0.2, 0.25) is 0 Å². The summed E-state index contributed by atoms with van der Waals surface area (Å²) in [5.74, 6) is 3.29. The van der Waals surface area contributed by atoms with Gasteiger partial charge < -0.3 is 18.8 Å². The molecule has 10 rings (SSSR count). The van der Waals surface area contributed by atoms with E-state index in [4.69, 9.17) is 13.9 Å². The Labute approximate surface area is 286 Å². The summed E-state index contributed by atoms with van der Waals surface area (Å²) in [6.07, 6.45) is 0. The smallest absolute Gasteiger partial charge is 0.305 e. The third-order valence-corrected chi connectivity index (χ3v) is 10.7. The number of nitrogens with zero attached hydrogens (tertiary/aromatic N) is 1. The van der Waals surface area contributed by atoms with Crippen LogP contribution in [0.4, 0.5) is 17.1 Å². The zero-order chi connectivity index (χ0) is 33.2. The third kappa shape index (κ3) is 3.93. The van der Waals surface area contributed by atoms with E-state index in [1.54, 1.807) is 0 Å². The van der Waals surface area contributed by atoms with Gasteiger partial charge in [-0.15, -0.1) is 0 Å². The van der Waals surface area contributed by atoms with E-state index in [-0.39, 0.29) is 12.1 Å². The molecular formula is C44H34BNO3. The van der Waals surface area contributed by atoms with E-state index < -0.39 is 0 Å². The third-order valence-electron chi connectivity index (χ3n) is 10.7. The number of hydrogen-bond donors (Lipinski definition) is 0. The first-order valence-electron chi connectivity index (χ1n) is 17.0. The molecule has 1 aliphatic carbocycles. The molecule has 0 N–H and O–H groups in total. The van der Waals surface area contributed by atoms with Crippen molar-refractivity contribution in [1.82, 2.24) is 0 Å². The molecule has 3 heterocycles. The Kier molecular flexibility index (Phi) is 5.74. The van der Waals surface area contributed by atoms with Crippen molar-refractivity contribution < 1.29 is 13.9 Å². The SMILES string of the molecule is Cc1ccc(N(c2ccc(C)cc2)c2cc3c(c4c2-c2ccccc2C4(C)C)B2c4oc5ccccc5c4Oc4cc(C)cc(c42)O3)cc1. The minimum atomic E-state index is -0.325. The van der Waals surface area contributed by atoms with Gasteiger partial charge in [0.15, 0.2) is 5.75 Å². The minimum Gasteiger partial charge on any atom is -0.466 e. The second kappa shape index (κ2) is 9.93. The largest absolute Gasteiger partial charge is 0.466 e. The highest BCUT2D eigenvalue weighted by Crippen LogP contribution is 2.56. The molecule has 0 bridgehead atoms. The molecule has 49 heavy (non-hydrogen) atoms. The van der Waals surface area contributed by atoms with Crippen LogP contribution in [0.5, 0.6) is 23.0 Å². The number of rotatable bonds is 3.